The van der Waals surface area contributed by atoms with Gasteiger partial charge in [-0.1, -0.05) is 0 Å². The molecule has 0 heterocycles. The number of ether oxygens (including phenoxy) is 1. The van der Waals surface area contributed by atoms with Crippen LogP contribution in [0, 0.1) is 12.7 Å². The summed E-state index contributed by atoms with van der Waals surface area (Å²) in [6.07, 6.45) is -5.33. The average Bonchev–Trinajstić information content (AvgIpc) is 2.20. The summed E-state index contributed by atoms with van der Waals surface area (Å²) in [5.74, 6) is -0.251. The minimum Gasteiger partial charge on any atom is -0.493 e. The summed E-state index contributed by atoms with van der Waals surface area (Å²) in [6, 6.07) is 2.05. The van der Waals surface area contributed by atoms with Crippen LogP contribution in [-0.4, -0.2) is 12.8 Å². The number of aryl methyl sites for hydroxylation is 1. The standard InChI is InChI=1S/C12H15F4NO/c1-7-5-11(18-4-3-12(14,15)16)9(8(2)17)6-10(7)13/h5-6,8H,3-4,17H2,1-2H3/t8-/m0/s1. The van der Waals surface area contributed by atoms with Crippen molar-refractivity contribution in [1.82, 2.24) is 0 Å². The highest BCUT2D eigenvalue weighted by Gasteiger charge is 2.27. The zero-order chi connectivity index (χ0) is 13.9. The van der Waals surface area contributed by atoms with Gasteiger partial charge in [-0.3, -0.25) is 0 Å². The van der Waals surface area contributed by atoms with Crippen LogP contribution in [0.25, 0.3) is 0 Å². The summed E-state index contributed by atoms with van der Waals surface area (Å²) < 4.78 is 54.4. The lowest BCUT2D eigenvalue weighted by Crippen LogP contribution is -2.15. The fourth-order valence-corrected chi connectivity index (χ4v) is 1.43. The monoisotopic (exact) mass is 265 g/mol. The van der Waals surface area contributed by atoms with Crippen LogP contribution in [0.15, 0.2) is 12.1 Å². The first-order valence-corrected chi connectivity index (χ1v) is 5.46. The highest BCUT2D eigenvalue weighted by atomic mass is 19.4. The van der Waals surface area contributed by atoms with Gasteiger partial charge >= 0.3 is 6.18 Å². The van der Waals surface area contributed by atoms with Crippen molar-refractivity contribution in [3.63, 3.8) is 0 Å². The Bertz CT molecular complexity index is 415. The van der Waals surface area contributed by atoms with Crippen LogP contribution in [0.1, 0.15) is 30.5 Å². The predicted octanol–water partition coefficient (Wildman–Crippen LogP) is 3.49. The molecule has 2 N–H and O–H groups in total. The highest BCUT2D eigenvalue weighted by molar-refractivity contribution is 5.39. The van der Waals surface area contributed by atoms with Crippen molar-refractivity contribution in [2.75, 3.05) is 6.61 Å². The smallest absolute Gasteiger partial charge is 0.392 e. The molecule has 0 aliphatic heterocycles. The molecule has 1 aromatic rings. The first-order valence-electron chi connectivity index (χ1n) is 5.46. The largest absolute Gasteiger partial charge is 0.493 e. The van der Waals surface area contributed by atoms with Crippen molar-refractivity contribution in [2.45, 2.75) is 32.5 Å². The van der Waals surface area contributed by atoms with E-state index in [0.29, 0.717) is 11.1 Å². The summed E-state index contributed by atoms with van der Waals surface area (Å²) in [6.45, 7) is 2.62. The molecule has 0 radical (unpaired) electrons. The number of benzene rings is 1. The number of alkyl halides is 3. The van der Waals surface area contributed by atoms with Crippen molar-refractivity contribution in [1.29, 1.82) is 0 Å². The van der Waals surface area contributed by atoms with Crippen molar-refractivity contribution >= 4 is 0 Å². The van der Waals surface area contributed by atoms with E-state index in [9.17, 15) is 17.6 Å². The Balaban J connectivity index is 2.84. The Hall–Kier alpha value is -1.30. The van der Waals surface area contributed by atoms with Gasteiger partial charge in [0, 0.05) is 11.6 Å². The average molecular weight is 265 g/mol. The second kappa shape index (κ2) is 5.56. The summed E-state index contributed by atoms with van der Waals surface area (Å²) in [7, 11) is 0. The summed E-state index contributed by atoms with van der Waals surface area (Å²) in [5.41, 5.74) is 6.29. The maximum Gasteiger partial charge on any atom is 0.392 e. The number of rotatable bonds is 4. The molecule has 1 atom stereocenters. The molecule has 0 unspecified atom stereocenters. The molecule has 1 rings (SSSR count). The lowest BCUT2D eigenvalue weighted by atomic mass is 10.1. The van der Waals surface area contributed by atoms with Crippen LogP contribution in [-0.2, 0) is 0 Å². The summed E-state index contributed by atoms with van der Waals surface area (Å²) in [5, 5.41) is 0. The van der Waals surface area contributed by atoms with E-state index in [1.54, 1.807) is 6.92 Å². The van der Waals surface area contributed by atoms with E-state index in [1.165, 1.54) is 19.1 Å². The van der Waals surface area contributed by atoms with Crippen LogP contribution >= 0.6 is 0 Å². The molecule has 6 heteroatoms. The molecule has 0 aromatic heterocycles. The van der Waals surface area contributed by atoms with E-state index in [1.807, 2.05) is 0 Å². The first-order chi connectivity index (χ1) is 8.20. The Kier molecular flexibility index (Phi) is 4.56. The molecule has 0 saturated carbocycles. The molecule has 0 bridgehead atoms. The second-order valence-corrected chi connectivity index (χ2v) is 4.14. The van der Waals surface area contributed by atoms with E-state index >= 15 is 0 Å². The zero-order valence-corrected chi connectivity index (χ0v) is 10.1. The molecule has 0 spiro atoms. The van der Waals surface area contributed by atoms with Gasteiger partial charge in [0.05, 0.1) is 13.0 Å². The Morgan fingerprint density at radius 1 is 1.33 bits per heavy atom. The van der Waals surface area contributed by atoms with Gasteiger partial charge in [0.1, 0.15) is 11.6 Å². The van der Waals surface area contributed by atoms with Gasteiger partial charge in [0.25, 0.3) is 0 Å². The third-order valence-corrected chi connectivity index (χ3v) is 2.42. The Labute approximate surface area is 103 Å². The molecule has 2 nitrogen and oxygen atoms in total. The van der Waals surface area contributed by atoms with E-state index < -0.39 is 31.1 Å². The topological polar surface area (TPSA) is 35.2 Å². The fourth-order valence-electron chi connectivity index (χ4n) is 1.43. The van der Waals surface area contributed by atoms with E-state index in [-0.39, 0.29) is 5.75 Å². The van der Waals surface area contributed by atoms with Gasteiger partial charge in [-0.15, -0.1) is 0 Å². The van der Waals surface area contributed by atoms with Gasteiger partial charge in [-0.25, -0.2) is 4.39 Å². The number of hydrogen-bond donors (Lipinski definition) is 1. The quantitative estimate of drug-likeness (QED) is 0.846. The number of hydrogen-bond acceptors (Lipinski definition) is 2. The maximum absolute atomic E-state index is 13.3. The highest BCUT2D eigenvalue weighted by Crippen LogP contribution is 2.28. The van der Waals surface area contributed by atoms with Gasteiger partial charge in [-0.2, -0.15) is 13.2 Å². The molecular formula is C12H15F4NO. The van der Waals surface area contributed by atoms with Crippen LogP contribution in [0.4, 0.5) is 17.6 Å². The first kappa shape index (κ1) is 14.8. The van der Waals surface area contributed by atoms with E-state index in [4.69, 9.17) is 10.5 Å². The van der Waals surface area contributed by atoms with Crippen molar-refractivity contribution in [2.24, 2.45) is 5.73 Å². The van der Waals surface area contributed by atoms with Crippen LogP contribution in [0.3, 0.4) is 0 Å². The van der Waals surface area contributed by atoms with E-state index in [2.05, 4.69) is 0 Å². The SMILES string of the molecule is Cc1cc(OCCC(F)(F)F)c([C@H](C)N)cc1F. The molecule has 102 valence electrons. The molecule has 0 amide bonds. The second-order valence-electron chi connectivity index (χ2n) is 4.14. The van der Waals surface area contributed by atoms with Gasteiger partial charge < -0.3 is 10.5 Å². The summed E-state index contributed by atoms with van der Waals surface area (Å²) in [4.78, 5) is 0. The molecule has 0 fully saturated rings. The van der Waals surface area contributed by atoms with Gasteiger partial charge in [0.15, 0.2) is 0 Å². The van der Waals surface area contributed by atoms with E-state index in [0.717, 1.165) is 0 Å². The van der Waals surface area contributed by atoms with Crippen LogP contribution < -0.4 is 10.5 Å². The Morgan fingerprint density at radius 3 is 2.44 bits per heavy atom. The van der Waals surface area contributed by atoms with Crippen molar-refractivity contribution in [3.05, 3.63) is 29.1 Å². The third kappa shape index (κ3) is 4.18. The minimum absolute atomic E-state index is 0.202. The number of halogens is 4. The number of nitrogens with two attached hydrogens (primary N) is 1. The zero-order valence-electron chi connectivity index (χ0n) is 10.1. The lowest BCUT2D eigenvalue weighted by Gasteiger charge is -2.16. The molecule has 0 aliphatic carbocycles. The third-order valence-electron chi connectivity index (χ3n) is 2.42. The molecule has 0 saturated heterocycles. The van der Waals surface area contributed by atoms with Gasteiger partial charge in [-0.05, 0) is 31.5 Å². The fraction of sp³-hybridized carbons (Fsp3) is 0.500. The maximum atomic E-state index is 13.3. The minimum atomic E-state index is -4.27. The molecule has 1 aromatic carbocycles. The van der Waals surface area contributed by atoms with Crippen molar-refractivity contribution < 1.29 is 22.3 Å². The lowest BCUT2D eigenvalue weighted by molar-refractivity contribution is -0.139. The summed E-state index contributed by atoms with van der Waals surface area (Å²) >= 11 is 0. The normalized spacial score (nSPS) is 13.5. The predicted molar refractivity (Wildman–Crippen MR) is 59.9 cm³/mol. The molecule has 0 aliphatic rings. The molecular weight excluding hydrogens is 250 g/mol. The van der Waals surface area contributed by atoms with Crippen LogP contribution in [0.2, 0.25) is 0 Å². The molecule has 18 heavy (non-hydrogen) atoms. The van der Waals surface area contributed by atoms with Crippen molar-refractivity contribution in [3.8, 4) is 5.75 Å². The van der Waals surface area contributed by atoms with Gasteiger partial charge in [0.2, 0.25) is 0 Å². The Morgan fingerprint density at radius 2 is 1.94 bits per heavy atom. The van der Waals surface area contributed by atoms with Crippen LogP contribution in [0.5, 0.6) is 5.75 Å².